The quantitative estimate of drug-likeness (QED) is 0.187. The summed E-state index contributed by atoms with van der Waals surface area (Å²) in [6.07, 6.45) is 0. The van der Waals surface area contributed by atoms with E-state index < -0.39 is 0 Å². The summed E-state index contributed by atoms with van der Waals surface area (Å²) >= 11 is 0. The van der Waals surface area contributed by atoms with Crippen LogP contribution < -0.4 is 0 Å². The predicted molar refractivity (Wildman–Crippen MR) is 202 cm³/mol. The van der Waals surface area contributed by atoms with Crippen molar-refractivity contribution in [3.63, 3.8) is 0 Å². The highest BCUT2D eigenvalue weighted by molar-refractivity contribution is 6.10. The van der Waals surface area contributed by atoms with Gasteiger partial charge in [0.1, 0.15) is 22.3 Å². The molecule has 0 saturated heterocycles. The van der Waals surface area contributed by atoms with Crippen molar-refractivity contribution < 1.29 is 8.83 Å². The lowest BCUT2D eigenvalue weighted by molar-refractivity contribution is 0.669. The van der Waals surface area contributed by atoms with E-state index in [0.29, 0.717) is 17.5 Å². The first-order chi connectivity index (χ1) is 24.8. The van der Waals surface area contributed by atoms with E-state index in [1.54, 1.807) is 0 Å². The van der Waals surface area contributed by atoms with E-state index in [1.165, 1.54) is 0 Å². The predicted octanol–water partition coefficient (Wildman–Crippen LogP) is 12.0. The number of aromatic nitrogens is 3. The molecule has 0 fully saturated rings. The van der Waals surface area contributed by atoms with Crippen LogP contribution in [0.25, 0.3) is 100 Å². The van der Waals surface area contributed by atoms with E-state index in [1.807, 2.05) is 72.8 Å². The molecule has 0 bridgehead atoms. The van der Waals surface area contributed by atoms with Gasteiger partial charge < -0.3 is 8.83 Å². The maximum Gasteiger partial charge on any atom is 0.167 e. The fraction of sp³-hybridized carbons (Fsp3) is 0. The van der Waals surface area contributed by atoms with Gasteiger partial charge in [-0.2, -0.15) is 0 Å². The minimum atomic E-state index is 0.522. The van der Waals surface area contributed by atoms with Gasteiger partial charge in [-0.3, -0.25) is 0 Å². The third kappa shape index (κ3) is 4.52. The average Bonchev–Trinajstić information content (AvgIpc) is 3.77. The molecule has 3 aromatic heterocycles. The molecule has 50 heavy (non-hydrogen) atoms. The zero-order chi connectivity index (χ0) is 33.0. The largest absolute Gasteiger partial charge is 0.455 e. The second-order valence-corrected chi connectivity index (χ2v) is 12.3. The molecule has 0 unspecified atom stereocenters. The Morgan fingerprint density at radius 3 is 1.22 bits per heavy atom. The van der Waals surface area contributed by atoms with Crippen LogP contribution >= 0.6 is 0 Å². The molecular formula is C45H27N3O2. The Hall–Kier alpha value is -6.85. The van der Waals surface area contributed by atoms with E-state index in [0.717, 1.165) is 82.8 Å². The molecule has 0 amide bonds. The fourth-order valence-corrected chi connectivity index (χ4v) is 7.08. The first kappa shape index (κ1) is 28.2. The number of hydrogen-bond donors (Lipinski definition) is 0. The van der Waals surface area contributed by atoms with Crippen molar-refractivity contribution in [1.29, 1.82) is 0 Å². The molecule has 10 aromatic rings. The molecule has 0 radical (unpaired) electrons. The Morgan fingerprint density at radius 1 is 0.280 bits per heavy atom. The Kier molecular flexibility index (Phi) is 6.42. The van der Waals surface area contributed by atoms with Crippen LogP contribution in [0.3, 0.4) is 0 Å². The second kappa shape index (κ2) is 11.4. The van der Waals surface area contributed by atoms with Crippen molar-refractivity contribution in [3.8, 4) is 56.4 Å². The molecule has 10 rings (SSSR count). The molecule has 0 atom stereocenters. The Bertz CT molecular complexity index is 2750. The highest BCUT2D eigenvalue weighted by Crippen LogP contribution is 2.41. The van der Waals surface area contributed by atoms with Crippen LogP contribution in [-0.2, 0) is 0 Å². The van der Waals surface area contributed by atoms with Gasteiger partial charge in [-0.1, -0.05) is 140 Å². The smallest absolute Gasteiger partial charge is 0.167 e. The molecule has 0 aliphatic rings. The van der Waals surface area contributed by atoms with Crippen LogP contribution in [0.4, 0.5) is 0 Å². The molecule has 0 N–H and O–H groups in total. The van der Waals surface area contributed by atoms with Crippen LogP contribution in [-0.4, -0.2) is 15.0 Å². The third-order valence-corrected chi connectivity index (χ3v) is 9.40. The van der Waals surface area contributed by atoms with Crippen molar-refractivity contribution in [2.45, 2.75) is 0 Å². The number of furan rings is 2. The van der Waals surface area contributed by atoms with Crippen molar-refractivity contribution in [3.05, 3.63) is 164 Å². The van der Waals surface area contributed by atoms with E-state index in [9.17, 15) is 0 Å². The van der Waals surface area contributed by atoms with Crippen LogP contribution in [0, 0.1) is 0 Å². The van der Waals surface area contributed by atoms with Gasteiger partial charge in [-0.15, -0.1) is 0 Å². The molecule has 3 heterocycles. The summed E-state index contributed by atoms with van der Waals surface area (Å²) in [4.78, 5) is 15.6. The van der Waals surface area contributed by atoms with Crippen LogP contribution in [0.15, 0.2) is 173 Å². The number of fused-ring (bicyclic) bond motifs is 6. The van der Waals surface area contributed by atoms with Crippen molar-refractivity contribution in [2.24, 2.45) is 0 Å². The normalized spacial score (nSPS) is 11.6. The molecule has 0 saturated carbocycles. The van der Waals surface area contributed by atoms with Gasteiger partial charge in [0.25, 0.3) is 0 Å². The summed E-state index contributed by atoms with van der Waals surface area (Å²) in [7, 11) is 0. The van der Waals surface area contributed by atoms with Crippen LogP contribution in [0.2, 0.25) is 0 Å². The maximum absolute atomic E-state index is 6.48. The summed E-state index contributed by atoms with van der Waals surface area (Å²) in [5, 5.41) is 4.12. The van der Waals surface area contributed by atoms with Gasteiger partial charge in [0.15, 0.2) is 17.5 Å². The minimum absolute atomic E-state index is 0.522. The standard InChI is InChI=1S/C45H27N3O2/c1-2-14-28(15-3-1)29-16-4-5-17-30(29)31-18-6-7-21-36(31)43-46-44(37-24-12-22-34-32-19-8-10-26-39(32)49-41(34)37)48-45(47-43)38-25-13-23-35-33-20-9-11-27-40(33)50-42(35)38/h1-27H. The lowest BCUT2D eigenvalue weighted by Gasteiger charge is -2.15. The van der Waals surface area contributed by atoms with Crippen molar-refractivity contribution >= 4 is 43.9 Å². The second-order valence-electron chi connectivity index (χ2n) is 12.3. The maximum atomic E-state index is 6.48. The summed E-state index contributed by atoms with van der Waals surface area (Å²) < 4.78 is 13.0. The number of hydrogen-bond acceptors (Lipinski definition) is 5. The van der Waals surface area contributed by atoms with Crippen molar-refractivity contribution in [1.82, 2.24) is 15.0 Å². The summed E-state index contributed by atoms with van der Waals surface area (Å²) in [6.45, 7) is 0. The summed E-state index contributed by atoms with van der Waals surface area (Å²) in [5.41, 5.74) is 9.99. The van der Waals surface area contributed by atoms with E-state index in [-0.39, 0.29) is 0 Å². The van der Waals surface area contributed by atoms with E-state index in [4.69, 9.17) is 23.8 Å². The molecule has 0 aliphatic carbocycles. The monoisotopic (exact) mass is 641 g/mol. The first-order valence-electron chi connectivity index (χ1n) is 16.6. The van der Waals surface area contributed by atoms with Gasteiger partial charge >= 0.3 is 0 Å². The fourth-order valence-electron chi connectivity index (χ4n) is 7.08. The number of para-hydroxylation sites is 4. The van der Waals surface area contributed by atoms with Gasteiger partial charge in [0.2, 0.25) is 0 Å². The molecule has 234 valence electrons. The molecular weight excluding hydrogens is 615 g/mol. The molecule has 0 spiro atoms. The van der Waals surface area contributed by atoms with Gasteiger partial charge in [-0.25, -0.2) is 15.0 Å². The van der Waals surface area contributed by atoms with E-state index in [2.05, 4.69) is 91.0 Å². The Balaban J connectivity index is 1.25. The highest BCUT2D eigenvalue weighted by atomic mass is 16.3. The van der Waals surface area contributed by atoms with Crippen LogP contribution in [0.5, 0.6) is 0 Å². The lowest BCUT2D eigenvalue weighted by atomic mass is 9.91. The lowest BCUT2D eigenvalue weighted by Crippen LogP contribution is -2.01. The van der Waals surface area contributed by atoms with Gasteiger partial charge in [0.05, 0.1) is 11.1 Å². The minimum Gasteiger partial charge on any atom is -0.455 e. The molecule has 7 aromatic carbocycles. The Labute approximate surface area is 287 Å². The number of rotatable bonds is 5. The average molecular weight is 642 g/mol. The Morgan fingerprint density at radius 2 is 0.660 bits per heavy atom. The zero-order valence-corrected chi connectivity index (χ0v) is 26.7. The summed E-state index contributed by atoms with van der Waals surface area (Å²) in [6, 6.07) is 55.7. The van der Waals surface area contributed by atoms with Crippen molar-refractivity contribution in [2.75, 3.05) is 0 Å². The summed E-state index contributed by atoms with van der Waals surface area (Å²) in [5.74, 6) is 1.60. The first-order valence-corrected chi connectivity index (χ1v) is 16.6. The molecule has 5 nitrogen and oxygen atoms in total. The van der Waals surface area contributed by atoms with Gasteiger partial charge in [-0.05, 0) is 46.5 Å². The SMILES string of the molecule is c1ccc(-c2ccccc2-c2ccccc2-c2nc(-c3cccc4c3oc3ccccc34)nc(-c3cccc4c3oc3ccccc34)n2)cc1. The zero-order valence-electron chi connectivity index (χ0n) is 26.7. The number of nitrogens with zero attached hydrogens (tertiary/aromatic N) is 3. The molecule has 0 aliphatic heterocycles. The molecule has 5 heteroatoms. The topological polar surface area (TPSA) is 65.0 Å². The highest BCUT2D eigenvalue weighted by Gasteiger charge is 2.22. The number of benzene rings is 7. The third-order valence-electron chi connectivity index (χ3n) is 9.40. The van der Waals surface area contributed by atoms with Crippen LogP contribution in [0.1, 0.15) is 0 Å². The van der Waals surface area contributed by atoms with Gasteiger partial charge in [0, 0.05) is 27.1 Å². The van der Waals surface area contributed by atoms with E-state index >= 15 is 0 Å².